The van der Waals surface area contributed by atoms with Gasteiger partial charge >= 0.3 is 0 Å². The van der Waals surface area contributed by atoms with E-state index in [9.17, 15) is 4.79 Å². The Morgan fingerprint density at radius 3 is 2.57 bits per heavy atom. The van der Waals surface area contributed by atoms with E-state index in [0.717, 1.165) is 5.56 Å². The first-order chi connectivity index (χ1) is 10.0. The van der Waals surface area contributed by atoms with E-state index in [1.807, 2.05) is 0 Å². The van der Waals surface area contributed by atoms with Gasteiger partial charge in [0.25, 0.3) is 0 Å². The van der Waals surface area contributed by atoms with Gasteiger partial charge in [-0.05, 0) is 24.3 Å². The normalized spacial score (nSPS) is 10.2. The van der Waals surface area contributed by atoms with E-state index in [4.69, 9.17) is 32.5 Å². The zero-order valence-corrected chi connectivity index (χ0v) is 12.2. The second kappa shape index (κ2) is 6.37. The maximum absolute atomic E-state index is 11.1. The molecule has 0 spiro atoms. The lowest BCUT2D eigenvalue weighted by molar-refractivity contribution is 0.1000. The van der Waals surface area contributed by atoms with Crippen LogP contribution in [0.5, 0.6) is 11.5 Å². The summed E-state index contributed by atoms with van der Waals surface area (Å²) in [6.07, 6.45) is 0. The van der Waals surface area contributed by atoms with Crippen LogP contribution in [-0.4, -0.2) is 13.0 Å². The number of carbonyl (C=O) groups is 1. The number of methoxy groups -OCH3 is 1. The lowest BCUT2D eigenvalue weighted by Crippen LogP contribution is -2.11. The van der Waals surface area contributed by atoms with Crippen LogP contribution in [0.3, 0.4) is 0 Å². The highest BCUT2D eigenvalue weighted by Crippen LogP contribution is 2.28. The summed E-state index contributed by atoms with van der Waals surface area (Å²) in [4.78, 5) is 11.1. The molecule has 0 radical (unpaired) electrons. The van der Waals surface area contributed by atoms with Crippen molar-refractivity contribution in [2.75, 3.05) is 12.8 Å². The third kappa shape index (κ3) is 3.58. The number of benzene rings is 2. The van der Waals surface area contributed by atoms with Crippen LogP contribution in [0.2, 0.25) is 5.02 Å². The number of nitrogen functional groups attached to an aromatic ring is 1. The quantitative estimate of drug-likeness (QED) is 0.831. The van der Waals surface area contributed by atoms with Gasteiger partial charge in [-0.2, -0.15) is 0 Å². The second-order valence-electron chi connectivity index (χ2n) is 4.36. The van der Waals surface area contributed by atoms with Gasteiger partial charge in [0.05, 0.1) is 12.8 Å². The number of carbonyl (C=O) groups excluding carboxylic acids is 1. The Labute approximate surface area is 127 Å². The van der Waals surface area contributed by atoms with E-state index in [1.165, 1.54) is 6.07 Å². The van der Waals surface area contributed by atoms with Crippen LogP contribution >= 0.6 is 11.6 Å². The van der Waals surface area contributed by atoms with Crippen LogP contribution < -0.4 is 20.9 Å². The van der Waals surface area contributed by atoms with Crippen LogP contribution in [0.1, 0.15) is 15.9 Å². The van der Waals surface area contributed by atoms with Gasteiger partial charge in [0.15, 0.2) is 0 Å². The second-order valence-corrected chi connectivity index (χ2v) is 4.77. The molecule has 0 bridgehead atoms. The first-order valence-electron chi connectivity index (χ1n) is 6.16. The lowest BCUT2D eigenvalue weighted by Gasteiger charge is -2.11. The van der Waals surface area contributed by atoms with Crippen LogP contribution in [0.4, 0.5) is 5.69 Å². The molecular weight excluding hydrogens is 292 g/mol. The monoisotopic (exact) mass is 306 g/mol. The molecule has 5 nitrogen and oxygen atoms in total. The number of anilines is 1. The van der Waals surface area contributed by atoms with Crippen molar-refractivity contribution in [1.82, 2.24) is 0 Å². The zero-order chi connectivity index (χ0) is 15.4. The Morgan fingerprint density at radius 1 is 1.24 bits per heavy atom. The molecule has 0 aliphatic rings. The van der Waals surface area contributed by atoms with Crippen molar-refractivity contribution in [3.8, 4) is 11.5 Å². The maximum Gasteiger partial charge on any atom is 0.248 e. The van der Waals surface area contributed by atoms with Crippen molar-refractivity contribution in [1.29, 1.82) is 0 Å². The molecule has 0 atom stereocenters. The highest BCUT2D eigenvalue weighted by Gasteiger charge is 2.08. The smallest absolute Gasteiger partial charge is 0.248 e. The summed E-state index contributed by atoms with van der Waals surface area (Å²) in [6, 6.07) is 9.96. The SMILES string of the molecule is COc1ccc(OCc2ccc(C(N)=O)cc2Cl)c(N)c1. The van der Waals surface area contributed by atoms with E-state index < -0.39 is 5.91 Å². The minimum Gasteiger partial charge on any atom is -0.497 e. The molecule has 1 amide bonds. The molecular formula is C15H15ClN2O3. The lowest BCUT2D eigenvalue weighted by atomic mass is 10.1. The highest BCUT2D eigenvalue weighted by atomic mass is 35.5. The standard InChI is InChI=1S/C15H15ClN2O3/c1-20-11-4-5-14(13(17)7-11)21-8-10-3-2-9(15(18)19)6-12(10)16/h2-7H,8,17H2,1H3,(H2,18,19). The average Bonchev–Trinajstić information content (AvgIpc) is 2.46. The largest absolute Gasteiger partial charge is 0.497 e. The third-order valence-electron chi connectivity index (χ3n) is 2.94. The van der Waals surface area contributed by atoms with Crippen molar-refractivity contribution in [2.45, 2.75) is 6.61 Å². The number of hydrogen-bond acceptors (Lipinski definition) is 4. The number of nitrogens with two attached hydrogens (primary N) is 2. The Hall–Kier alpha value is -2.40. The van der Waals surface area contributed by atoms with Gasteiger partial charge in [0.1, 0.15) is 18.1 Å². The van der Waals surface area contributed by atoms with E-state index in [0.29, 0.717) is 27.8 Å². The van der Waals surface area contributed by atoms with Crippen LogP contribution in [0, 0.1) is 0 Å². The van der Waals surface area contributed by atoms with E-state index in [1.54, 1.807) is 37.4 Å². The number of primary amides is 1. The molecule has 2 rings (SSSR count). The van der Waals surface area contributed by atoms with Crippen LogP contribution in [-0.2, 0) is 6.61 Å². The van der Waals surface area contributed by atoms with E-state index >= 15 is 0 Å². The first kappa shape index (κ1) is 15.0. The van der Waals surface area contributed by atoms with Crippen molar-refractivity contribution < 1.29 is 14.3 Å². The van der Waals surface area contributed by atoms with Crippen molar-refractivity contribution in [3.63, 3.8) is 0 Å². The molecule has 0 saturated heterocycles. The number of halogens is 1. The van der Waals surface area contributed by atoms with Gasteiger partial charge in [0, 0.05) is 22.2 Å². The Kier molecular flexibility index (Phi) is 4.55. The molecule has 110 valence electrons. The Bertz CT molecular complexity index is 674. The molecule has 21 heavy (non-hydrogen) atoms. The number of ether oxygens (including phenoxy) is 2. The maximum atomic E-state index is 11.1. The molecule has 6 heteroatoms. The predicted molar refractivity (Wildman–Crippen MR) is 81.7 cm³/mol. The molecule has 0 aromatic heterocycles. The van der Waals surface area contributed by atoms with Gasteiger partial charge in [-0.15, -0.1) is 0 Å². The number of amides is 1. The van der Waals surface area contributed by atoms with E-state index in [-0.39, 0.29) is 6.61 Å². The minimum absolute atomic E-state index is 0.231. The van der Waals surface area contributed by atoms with E-state index in [2.05, 4.69) is 0 Å². The summed E-state index contributed by atoms with van der Waals surface area (Å²) >= 11 is 6.09. The van der Waals surface area contributed by atoms with Crippen molar-refractivity contribution >= 4 is 23.2 Å². The molecule has 0 aliphatic heterocycles. The topological polar surface area (TPSA) is 87.6 Å². The summed E-state index contributed by atoms with van der Waals surface area (Å²) in [6.45, 7) is 0.231. The fraction of sp³-hybridized carbons (Fsp3) is 0.133. The highest BCUT2D eigenvalue weighted by molar-refractivity contribution is 6.31. The molecule has 4 N–H and O–H groups in total. The Balaban J connectivity index is 2.11. The summed E-state index contributed by atoms with van der Waals surface area (Å²) in [5.41, 5.74) is 12.6. The van der Waals surface area contributed by atoms with Crippen LogP contribution in [0.25, 0.3) is 0 Å². The molecule has 2 aromatic carbocycles. The molecule has 0 aliphatic carbocycles. The number of hydrogen-bond donors (Lipinski definition) is 2. The molecule has 0 saturated carbocycles. The molecule has 0 heterocycles. The number of rotatable bonds is 5. The summed E-state index contributed by atoms with van der Waals surface area (Å²) in [5.74, 6) is 0.665. The predicted octanol–water partition coefficient (Wildman–Crippen LogP) is 2.61. The molecule has 0 fully saturated rings. The minimum atomic E-state index is -0.524. The van der Waals surface area contributed by atoms with Crippen molar-refractivity contribution in [3.05, 3.63) is 52.5 Å². The van der Waals surface area contributed by atoms with Gasteiger partial charge in [0.2, 0.25) is 5.91 Å². The van der Waals surface area contributed by atoms with Gasteiger partial charge in [-0.1, -0.05) is 17.7 Å². The Morgan fingerprint density at radius 2 is 2.00 bits per heavy atom. The molecule has 0 unspecified atom stereocenters. The van der Waals surface area contributed by atoms with Gasteiger partial charge in [-0.3, -0.25) is 4.79 Å². The fourth-order valence-corrected chi connectivity index (χ4v) is 1.99. The zero-order valence-electron chi connectivity index (χ0n) is 11.4. The summed E-state index contributed by atoms with van der Waals surface area (Å²) < 4.78 is 10.7. The van der Waals surface area contributed by atoms with Gasteiger partial charge in [-0.25, -0.2) is 0 Å². The average molecular weight is 307 g/mol. The van der Waals surface area contributed by atoms with Crippen molar-refractivity contribution in [2.24, 2.45) is 5.73 Å². The first-order valence-corrected chi connectivity index (χ1v) is 6.53. The van der Waals surface area contributed by atoms with Crippen LogP contribution in [0.15, 0.2) is 36.4 Å². The fourth-order valence-electron chi connectivity index (χ4n) is 1.76. The third-order valence-corrected chi connectivity index (χ3v) is 3.29. The molecule has 2 aromatic rings. The summed E-state index contributed by atoms with van der Waals surface area (Å²) in [5, 5.41) is 0.415. The summed E-state index contributed by atoms with van der Waals surface area (Å²) in [7, 11) is 1.56. The van der Waals surface area contributed by atoms with Gasteiger partial charge < -0.3 is 20.9 Å².